The second-order valence-corrected chi connectivity index (χ2v) is 5.96. The first kappa shape index (κ1) is 15.3. The molecule has 110 valence electrons. The Balaban J connectivity index is 1.87. The van der Waals surface area contributed by atoms with Crippen LogP contribution in [0.2, 0.25) is 5.02 Å². The Labute approximate surface area is 124 Å². The van der Waals surface area contributed by atoms with E-state index in [1.165, 1.54) is 0 Å². The molecule has 0 aliphatic carbocycles. The molecule has 1 amide bonds. The molecule has 0 spiro atoms. The van der Waals surface area contributed by atoms with E-state index in [4.69, 9.17) is 11.6 Å². The van der Waals surface area contributed by atoms with Crippen LogP contribution < -0.4 is 5.32 Å². The van der Waals surface area contributed by atoms with E-state index >= 15 is 0 Å². The van der Waals surface area contributed by atoms with Gasteiger partial charge in [0.1, 0.15) is 0 Å². The van der Waals surface area contributed by atoms with Crippen molar-refractivity contribution in [2.75, 3.05) is 25.0 Å². The number of likely N-dealkylation sites (tertiary alicyclic amines) is 1. The van der Waals surface area contributed by atoms with Crippen LogP contribution in [-0.4, -0.2) is 41.7 Å². The molecule has 1 aromatic carbocycles. The Morgan fingerprint density at radius 3 is 2.95 bits per heavy atom. The number of halogens is 1. The lowest BCUT2D eigenvalue weighted by atomic mass is 10.0. The topological polar surface area (TPSA) is 52.6 Å². The Morgan fingerprint density at radius 2 is 2.35 bits per heavy atom. The van der Waals surface area contributed by atoms with Crippen molar-refractivity contribution in [2.24, 2.45) is 5.92 Å². The summed E-state index contributed by atoms with van der Waals surface area (Å²) in [6.07, 6.45) is 0.630. The van der Waals surface area contributed by atoms with E-state index in [2.05, 4.69) is 10.2 Å². The number of anilines is 1. The van der Waals surface area contributed by atoms with Gasteiger partial charge >= 0.3 is 0 Å². The van der Waals surface area contributed by atoms with E-state index in [0.29, 0.717) is 17.3 Å². The third-order valence-electron chi connectivity index (χ3n) is 3.76. The Kier molecular flexibility index (Phi) is 5.02. The third kappa shape index (κ3) is 3.95. The van der Waals surface area contributed by atoms with Gasteiger partial charge in [0.25, 0.3) is 0 Å². The van der Waals surface area contributed by atoms with Crippen LogP contribution in [0, 0.1) is 12.8 Å². The number of amides is 1. The molecule has 1 aliphatic heterocycles. The molecule has 5 heteroatoms. The summed E-state index contributed by atoms with van der Waals surface area (Å²) in [5.41, 5.74) is 1.71. The molecule has 1 aromatic rings. The number of hydrogen-bond acceptors (Lipinski definition) is 3. The Bertz CT molecular complexity index is 491. The molecule has 1 aliphatic rings. The number of hydrogen-bond donors (Lipinski definition) is 2. The highest BCUT2D eigenvalue weighted by Crippen LogP contribution is 2.23. The molecule has 1 heterocycles. The average molecular weight is 297 g/mol. The number of benzene rings is 1. The van der Waals surface area contributed by atoms with Gasteiger partial charge in [-0.05, 0) is 50.4 Å². The first-order valence-electron chi connectivity index (χ1n) is 6.92. The molecule has 2 rings (SSSR count). The summed E-state index contributed by atoms with van der Waals surface area (Å²) >= 11 is 6.09. The highest BCUT2D eigenvalue weighted by Gasteiger charge is 2.27. The summed E-state index contributed by atoms with van der Waals surface area (Å²) in [6.45, 7) is 5.73. The van der Waals surface area contributed by atoms with Crippen molar-refractivity contribution in [3.8, 4) is 0 Å². The van der Waals surface area contributed by atoms with Gasteiger partial charge in [0.2, 0.25) is 5.91 Å². The molecule has 1 fully saturated rings. The fraction of sp³-hybridized carbons (Fsp3) is 0.533. The van der Waals surface area contributed by atoms with Crippen molar-refractivity contribution >= 4 is 23.2 Å². The molecule has 1 saturated heterocycles. The van der Waals surface area contributed by atoms with Crippen molar-refractivity contribution in [1.29, 1.82) is 0 Å². The first-order valence-corrected chi connectivity index (χ1v) is 7.30. The van der Waals surface area contributed by atoms with Crippen molar-refractivity contribution in [2.45, 2.75) is 26.4 Å². The fourth-order valence-corrected chi connectivity index (χ4v) is 2.80. The quantitative estimate of drug-likeness (QED) is 0.896. The molecular weight excluding hydrogens is 276 g/mol. The molecule has 4 nitrogen and oxygen atoms in total. The third-order valence-corrected chi connectivity index (χ3v) is 4.07. The van der Waals surface area contributed by atoms with Crippen molar-refractivity contribution in [3.05, 3.63) is 28.8 Å². The van der Waals surface area contributed by atoms with Crippen LogP contribution in [-0.2, 0) is 4.79 Å². The molecule has 20 heavy (non-hydrogen) atoms. The van der Waals surface area contributed by atoms with Crippen molar-refractivity contribution in [3.63, 3.8) is 0 Å². The molecule has 0 radical (unpaired) electrons. The predicted octanol–water partition coefficient (Wildman–Crippen LogP) is 2.29. The van der Waals surface area contributed by atoms with Gasteiger partial charge in [0, 0.05) is 6.54 Å². The van der Waals surface area contributed by atoms with Gasteiger partial charge in [-0.3, -0.25) is 9.69 Å². The lowest BCUT2D eigenvalue weighted by Crippen LogP contribution is -2.32. The summed E-state index contributed by atoms with van der Waals surface area (Å²) in [7, 11) is 0. The number of nitrogens with zero attached hydrogens (tertiary/aromatic N) is 1. The predicted molar refractivity (Wildman–Crippen MR) is 81.0 cm³/mol. The van der Waals surface area contributed by atoms with Crippen LogP contribution >= 0.6 is 11.6 Å². The van der Waals surface area contributed by atoms with Gasteiger partial charge < -0.3 is 10.4 Å². The van der Waals surface area contributed by atoms with Crippen molar-refractivity contribution < 1.29 is 9.90 Å². The summed E-state index contributed by atoms with van der Waals surface area (Å²) in [5.74, 6) is 0.202. The lowest BCUT2D eigenvalue weighted by molar-refractivity contribution is -0.117. The summed E-state index contributed by atoms with van der Waals surface area (Å²) < 4.78 is 0. The second-order valence-electron chi connectivity index (χ2n) is 5.56. The summed E-state index contributed by atoms with van der Waals surface area (Å²) in [5, 5.41) is 12.9. The summed E-state index contributed by atoms with van der Waals surface area (Å²) in [4.78, 5) is 14.1. The SMILES string of the molecule is Cc1ccc(NC(=O)CN2CCC(C(C)O)C2)c(Cl)c1. The van der Waals surface area contributed by atoms with Crippen molar-refractivity contribution in [1.82, 2.24) is 4.90 Å². The number of nitrogens with one attached hydrogen (secondary N) is 1. The average Bonchev–Trinajstić information content (AvgIpc) is 2.81. The van der Waals surface area contributed by atoms with Gasteiger partial charge in [-0.15, -0.1) is 0 Å². The van der Waals surface area contributed by atoms with E-state index < -0.39 is 0 Å². The monoisotopic (exact) mass is 296 g/mol. The van der Waals surface area contributed by atoms with Crippen LogP contribution in [0.25, 0.3) is 0 Å². The zero-order valence-electron chi connectivity index (χ0n) is 11.9. The van der Waals surface area contributed by atoms with Crippen LogP contribution in [0.3, 0.4) is 0 Å². The second kappa shape index (κ2) is 6.57. The molecule has 0 aromatic heterocycles. The summed E-state index contributed by atoms with van der Waals surface area (Å²) in [6, 6.07) is 5.56. The highest BCUT2D eigenvalue weighted by molar-refractivity contribution is 6.33. The minimum atomic E-state index is -0.311. The molecule has 2 N–H and O–H groups in total. The van der Waals surface area contributed by atoms with Gasteiger partial charge in [0.15, 0.2) is 0 Å². The highest BCUT2D eigenvalue weighted by atomic mass is 35.5. The molecule has 0 saturated carbocycles. The Morgan fingerprint density at radius 1 is 1.60 bits per heavy atom. The smallest absolute Gasteiger partial charge is 0.238 e. The lowest BCUT2D eigenvalue weighted by Gasteiger charge is -2.17. The van der Waals surface area contributed by atoms with E-state index in [-0.39, 0.29) is 17.9 Å². The number of rotatable bonds is 4. The van der Waals surface area contributed by atoms with Gasteiger partial charge in [0.05, 0.1) is 23.4 Å². The van der Waals surface area contributed by atoms with E-state index in [1.807, 2.05) is 25.1 Å². The minimum absolute atomic E-state index is 0.0676. The molecule has 2 unspecified atom stereocenters. The number of aryl methyl sites for hydroxylation is 1. The zero-order chi connectivity index (χ0) is 14.7. The largest absolute Gasteiger partial charge is 0.393 e. The number of aliphatic hydroxyl groups is 1. The van der Waals surface area contributed by atoms with E-state index in [0.717, 1.165) is 25.1 Å². The first-order chi connectivity index (χ1) is 9.45. The number of aliphatic hydroxyl groups excluding tert-OH is 1. The normalized spacial score (nSPS) is 20.9. The fourth-order valence-electron chi connectivity index (χ4n) is 2.51. The van der Waals surface area contributed by atoms with E-state index in [9.17, 15) is 9.90 Å². The van der Waals surface area contributed by atoms with Crippen LogP contribution in [0.5, 0.6) is 0 Å². The molecule has 2 atom stereocenters. The molecular formula is C15H21ClN2O2. The van der Waals surface area contributed by atoms with Gasteiger partial charge in [-0.2, -0.15) is 0 Å². The van der Waals surface area contributed by atoms with Gasteiger partial charge in [-0.1, -0.05) is 17.7 Å². The minimum Gasteiger partial charge on any atom is -0.393 e. The molecule has 0 bridgehead atoms. The number of carbonyl (C=O) groups is 1. The van der Waals surface area contributed by atoms with Crippen LogP contribution in [0.1, 0.15) is 18.9 Å². The van der Waals surface area contributed by atoms with Crippen LogP contribution in [0.4, 0.5) is 5.69 Å². The van der Waals surface area contributed by atoms with E-state index in [1.54, 1.807) is 6.92 Å². The van der Waals surface area contributed by atoms with Gasteiger partial charge in [-0.25, -0.2) is 0 Å². The zero-order valence-corrected chi connectivity index (χ0v) is 12.7. The maximum absolute atomic E-state index is 12.0. The standard InChI is InChI=1S/C15H21ClN2O2/c1-10-3-4-14(13(16)7-10)17-15(20)9-18-6-5-12(8-18)11(2)19/h3-4,7,11-12,19H,5-6,8-9H2,1-2H3,(H,17,20). The Hall–Kier alpha value is -1.10. The number of carbonyl (C=O) groups excluding carboxylic acids is 1. The maximum Gasteiger partial charge on any atom is 0.238 e. The van der Waals surface area contributed by atoms with Crippen LogP contribution in [0.15, 0.2) is 18.2 Å². The maximum atomic E-state index is 12.0.